The molecule has 0 bridgehead atoms. The average molecular weight is 233 g/mol. The molecule has 5 heteroatoms. The molecule has 0 aromatic heterocycles. The van der Waals surface area contributed by atoms with E-state index in [0.29, 0.717) is 6.42 Å². The fourth-order valence-corrected chi connectivity index (χ4v) is 2.61. The Morgan fingerprint density at radius 3 is 2.80 bits per heavy atom. The van der Waals surface area contributed by atoms with Gasteiger partial charge in [0.15, 0.2) is 0 Å². The molecule has 1 atom stereocenters. The van der Waals surface area contributed by atoms with E-state index in [1.165, 1.54) is 6.26 Å². The van der Waals surface area contributed by atoms with Crippen molar-refractivity contribution in [3.05, 3.63) is 0 Å². The zero-order valence-electron chi connectivity index (χ0n) is 9.18. The maximum absolute atomic E-state index is 10.9. The van der Waals surface area contributed by atoms with Crippen molar-refractivity contribution in [1.29, 1.82) is 0 Å². The fraction of sp³-hybridized carbons (Fsp3) is 0.900. The third-order valence-corrected chi connectivity index (χ3v) is 3.75. The van der Waals surface area contributed by atoms with Gasteiger partial charge in [-0.3, -0.25) is 0 Å². The number of carbonyl (C=O) groups excluding carboxylic acids is 1. The number of piperidine rings is 1. The van der Waals surface area contributed by atoms with Gasteiger partial charge in [0.2, 0.25) is 0 Å². The topological polar surface area (TPSA) is 54.5 Å². The summed E-state index contributed by atoms with van der Waals surface area (Å²) in [4.78, 5) is 12.8. The van der Waals surface area contributed by atoms with Crippen molar-refractivity contribution >= 4 is 16.1 Å². The number of rotatable bonds is 5. The van der Waals surface area contributed by atoms with Crippen molar-refractivity contribution in [3.8, 4) is 0 Å². The quantitative estimate of drug-likeness (QED) is 0.642. The Bertz CT molecular complexity index is 300. The Kier molecular flexibility index (Phi) is 4.73. The fourth-order valence-electron chi connectivity index (χ4n) is 1.96. The first-order valence-electron chi connectivity index (χ1n) is 5.36. The van der Waals surface area contributed by atoms with E-state index in [0.717, 1.165) is 38.8 Å². The number of hydrogen-bond donors (Lipinski definition) is 0. The molecular weight excluding hydrogens is 214 g/mol. The highest BCUT2D eigenvalue weighted by Crippen LogP contribution is 2.14. The molecule has 0 aromatic carbocycles. The van der Waals surface area contributed by atoms with Crippen molar-refractivity contribution in [2.45, 2.75) is 19.3 Å². The molecule has 0 N–H and O–H groups in total. The summed E-state index contributed by atoms with van der Waals surface area (Å²) in [6, 6.07) is 0. The van der Waals surface area contributed by atoms with E-state index in [4.69, 9.17) is 0 Å². The number of sulfone groups is 1. The highest BCUT2D eigenvalue weighted by atomic mass is 32.2. The molecular formula is C10H19NO3S. The zero-order chi connectivity index (χ0) is 11.3. The highest BCUT2D eigenvalue weighted by Gasteiger charge is 2.18. The lowest BCUT2D eigenvalue weighted by Gasteiger charge is -2.29. The lowest BCUT2D eigenvalue weighted by atomic mass is 10.00. The Labute approximate surface area is 91.6 Å². The highest BCUT2D eigenvalue weighted by molar-refractivity contribution is 7.90. The van der Waals surface area contributed by atoms with Crippen molar-refractivity contribution in [2.24, 2.45) is 5.92 Å². The standard InChI is InChI=1S/C10H19NO3S/c1-15(13,14)7-3-6-11-5-2-4-10(8-11)9-12/h9-10H,2-8H2,1H3. The van der Waals surface area contributed by atoms with Gasteiger partial charge in [-0.2, -0.15) is 0 Å². The van der Waals surface area contributed by atoms with Gasteiger partial charge in [-0.05, 0) is 32.4 Å². The third kappa shape index (κ3) is 5.28. The molecule has 0 aliphatic carbocycles. The predicted molar refractivity (Wildman–Crippen MR) is 59.6 cm³/mol. The Hall–Kier alpha value is -0.420. The summed E-state index contributed by atoms with van der Waals surface area (Å²) in [5.74, 6) is 0.395. The summed E-state index contributed by atoms with van der Waals surface area (Å²) < 4.78 is 21.8. The number of likely N-dealkylation sites (tertiary alicyclic amines) is 1. The normalized spacial score (nSPS) is 23.9. The van der Waals surface area contributed by atoms with Gasteiger partial charge >= 0.3 is 0 Å². The first-order chi connectivity index (χ1) is 7.01. The van der Waals surface area contributed by atoms with E-state index in [2.05, 4.69) is 4.90 Å². The minimum absolute atomic E-state index is 0.150. The molecule has 88 valence electrons. The van der Waals surface area contributed by atoms with Crippen molar-refractivity contribution in [3.63, 3.8) is 0 Å². The Morgan fingerprint density at radius 1 is 1.47 bits per heavy atom. The van der Waals surface area contributed by atoms with Crippen LogP contribution in [0.4, 0.5) is 0 Å². The second kappa shape index (κ2) is 5.61. The Morgan fingerprint density at radius 2 is 2.20 bits per heavy atom. The molecule has 1 aliphatic rings. The monoisotopic (exact) mass is 233 g/mol. The second-order valence-electron chi connectivity index (χ2n) is 4.32. The molecule has 1 fully saturated rings. The van der Waals surface area contributed by atoms with Crippen LogP contribution in [0.2, 0.25) is 0 Å². The molecule has 1 unspecified atom stereocenters. The summed E-state index contributed by atoms with van der Waals surface area (Å²) in [5.41, 5.74) is 0. The van der Waals surface area contributed by atoms with Gasteiger partial charge in [-0.1, -0.05) is 0 Å². The summed E-state index contributed by atoms with van der Waals surface area (Å²) in [5, 5.41) is 0. The Balaban J connectivity index is 2.24. The SMILES string of the molecule is CS(=O)(=O)CCCN1CCCC(C=O)C1. The van der Waals surface area contributed by atoms with Crippen LogP contribution in [0.3, 0.4) is 0 Å². The van der Waals surface area contributed by atoms with E-state index in [1.54, 1.807) is 0 Å². The summed E-state index contributed by atoms with van der Waals surface area (Å²) in [6.07, 6.45) is 4.97. The zero-order valence-corrected chi connectivity index (χ0v) is 10.0. The van der Waals surface area contributed by atoms with Gasteiger partial charge in [0.25, 0.3) is 0 Å². The lowest BCUT2D eigenvalue weighted by Crippen LogP contribution is -2.37. The van der Waals surface area contributed by atoms with Gasteiger partial charge < -0.3 is 9.69 Å². The van der Waals surface area contributed by atoms with Gasteiger partial charge in [0.05, 0.1) is 5.75 Å². The van der Waals surface area contributed by atoms with Gasteiger partial charge in [-0.15, -0.1) is 0 Å². The van der Waals surface area contributed by atoms with Crippen molar-refractivity contribution in [1.82, 2.24) is 4.90 Å². The maximum atomic E-state index is 10.9. The van der Waals surface area contributed by atoms with Crippen molar-refractivity contribution < 1.29 is 13.2 Å². The van der Waals surface area contributed by atoms with Crippen molar-refractivity contribution in [2.75, 3.05) is 31.6 Å². The van der Waals surface area contributed by atoms with Gasteiger partial charge in [0, 0.05) is 18.7 Å². The molecule has 0 saturated carbocycles. The van der Waals surface area contributed by atoms with E-state index in [9.17, 15) is 13.2 Å². The number of nitrogens with zero attached hydrogens (tertiary/aromatic N) is 1. The lowest BCUT2D eigenvalue weighted by molar-refractivity contribution is -0.112. The van der Waals surface area contributed by atoms with E-state index >= 15 is 0 Å². The molecule has 0 spiro atoms. The summed E-state index contributed by atoms with van der Waals surface area (Å²) >= 11 is 0. The molecule has 0 amide bonds. The van der Waals surface area contributed by atoms with Crippen LogP contribution in [0.1, 0.15) is 19.3 Å². The van der Waals surface area contributed by atoms with Crippen LogP contribution in [0.5, 0.6) is 0 Å². The van der Waals surface area contributed by atoms with E-state index < -0.39 is 9.84 Å². The molecule has 1 aliphatic heterocycles. The third-order valence-electron chi connectivity index (χ3n) is 2.72. The largest absolute Gasteiger partial charge is 0.303 e. The number of aldehydes is 1. The van der Waals surface area contributed by atoms with Crippen LogP contribution in [-0.4, -0.2) is 51.2 Å². The van der Waals surface area contributed by atoms with E-state index in [1.807, 2.05) is 0 Å². The minimum Gasteiger partial charge on any atom is -0.303 e. The molecule has 4 nitrogen and oxygen atoms in total. The molecule has 1 heterocycles. The maximum Gasteiger partial charge on any atom is 0.147 e. The number of carbonyl (C=O) groups is 1. The molecule has 15 heavy (non-hydrogen) atoms. The van der Waals surface area contributed by atoms with Crippen LogP contribution in [0.15, 0.2) is 0 Å². The molecule has 1 saturated heterocycles. The van der Waals surface area contributed by atoms with Gasteiger partial charge in [0.1, 0.15) is 16.1 Å². The molecule has 1 rings (SSSR count). The summed E-state index contributed by atoms with van der Waals surface area (Å²) in [7, 11) is -2.84. The first-order valence-corrected chi connectivity index (χ1v) is 7.42. The molecule has 0 aromatic rings. The smallest absolute Gasteiger partial charge is 0.147 e. The summed E-state index contributed by atoms with van der Waals surface area (Å²) in [6.45, 7) is 2.58. The minimum atomic E-state index is -2.84. The van der Waals surface area contributed by atoms with Gasteiger partial charge in [-0.25, -0.2) is 8.42 Å². The van der Waals surface area contributed by atoms with E-state index in [-0.39, 0.29) is 11.7 Å². The average Bonchev–Trinajstić information content (AvgIpc) is 2.16. The first kappa shape index (κ1) is 12.6. The van der Waals surface area contributed by atoms with Crippen LogP contribution in [0, 0.1) is 5.92 Å². The molecule has 0 radical (unpaired) electrons. The predicted octanol–water partition coefficient (Wildman–Crippen LogP) is 0.332. The second-order valence-corrected chi connectivity index (χ2v) is 6.58. The van der Waals surface area contributed by atoms with Crippen LogP contribution >= 0.6 is 0 Å². The van der Waals surface area contributed by atoms with Crippen LogP contribution < -0.4 is 0 Å². The number of hydrogen-bond acceptors (Lipinski definition) is 4. The van der Waals surface area contributed by atoms with Crippen LogP contribution in [-0.2, 0) is 14.6 Å². The van der Waals surface area contributed by atoms with Crippen LogP contribution in [0.25, 0.3) is 0 Å².